The molecule has 0 fully saturated rings. The molecular formula is C10H17N3O3S. The first-order valence-electron chi connectivity index (χ1n) is 5.34. The molecule has 0 bridgehead atoms. The van der Waals surface area contributed by atoms with Gasteiger partial charge in [0.05, 0.1) is 18.8 Å². The predicted octanol–water partition coefficient (Wildman–Crippen LogP) is -0.472. The first-order chi connectivity index (χ1) is 8.08. The van der Waals surface area contributed by atoms with Gasteiger partial charge in [0, 0.05) is 25.3 Å². The van der Waals surface area contributed by atoms with Crippen molar-refractivity contribution >= 4 is 12.2 Å². The number of H-pyrrole nitrogens is 2. The van der Waals surface area contributed by atoms with E-state index >= 15 is 0 Å². The largest absolute Gasteiger partial charge is 0.395 e. The van der Waals surface area contributed by atoms with Crippen LogP contribution < -0.4 is 5.56 Å². The van der Waals surface area contributed by atoms with Crippen LogP contribution in [-0.2, 0) is 6.54 Å². The van der Waals surface area contributed by atoms with E-state index in [1.165, 1.54) is 0 Å². The maximum Gasteiger partial charge on any atom is 0.256 e. The summed E-state index contributed by atoms with van der Waals surface area (Å²) >= 11 is 4.86. The minimum atomic E-state index is -0.230. The summed E-state index contributed by atoms with van der Waals surface area (Å²) in [6, 6.07) is 0. The molecule has 6 nitrogen and oxygen atoms in total. The summed E-state index contributed by atoms with van der Waals surface area (Å²) in [5, 5.41) is 17.8. The maximum absolute atomic E-state index is 11.7. The SMILES string of the molecule is Cc1[nH]c(=S)[nH]c(=O)c1CN(CCO)CCO. The molecule has 1 rings (SSSR count). The van der Waals surface area contributed by atoms with E-state index in [0.717, 1.165) is 0 Å². The smallest absolute Gasteiger partial charge is 0.256 e. The summed E-state index contributed by atoms with van der Waals surface area (Å²) in [4.78, 5) is 18.9. The lowest BCUT2D eigenvalue weighted by Crippen LogP contribution is -2.32. The van der Waals surface area contributed by atoms with Gasteiger partial charge in [-0.3, -0.25) is 14.7 Å². The second-order valence-corrected chi connectivity index (χ2v) is 4.14. The van der Waals surface area contributed by atoms with Gasteiger partial charge in [0.25, 0.3) is 5.56 Å². The molecule has 0 saturated heterocycles. The van der Waals surface area contributed by atoms with Crippen molar-refractivity contribution in [3.63, 3.8) is 0 Å². The standard InChI is InChI=1S/C10H17N3O3S/c1-7-8(9(16)12-10(17)11-7)6-13(2-4-14)3-5-15/h14-15H,2-6H2,1H3,(H2,11,12,16,17). The first kappa shape index (κ1) is 14.0. The zero-order valence-electron chi connectivity index (χ0n) is 9.69. The third-order valence-electron chi connectivity index (χ3n) is 2.47. The quantitative estimate of drug-likeness (QED) is 0.518. The Bertz CT molecular complexity index is 463. The van der Waals surface area contributed by atoms with Crippen LogP contribution in [0.5, 0.6) is 0 Å². The summed E-state index contributed by atoms with van der Waals surface area (Å²) in [6.07, 6.45) is 0. The summed E-state index contributed by atoms with van der Waals surface area (Å²) in [5.74, 6) is 0. The summed E-state index contributed by atoms with van der Waals surface area (Å²) in [5.41, 5.74) is 1.05. The molecule has 0 aliphatic carbocycles. The topological polar surface area (TPSA) is 92.4 Å². The van der Waals surface area contributed by atoms with Gasteiger partial charge < -0.3 is 15.2 Å². The van der Waals surface area contributed by atoms with Crippen LogP contribution in [0.3, 0.4) is 0 Å². The molecule has 0 aliphatic heterocycles. The zero-order valence-corrected chi connectivity index (χ0v) is 10.5. The van der Waals surface area contributed by atoms with Crippen molar-refractivity contribution in [3.8, 4) is 0 Å². The van der Waals surface area contributed by atoms with E-state index in [1.54, 1.807) is 11.8 Å². The van der Waals surface area contributed by atoms with Gasteiger partial charge in [-0.25, -0.2) is 0 Å². The lowest BCUT2D eigenvalue weighted by atomic mass is 10.2. The van der Waals surface area contributed by atoms with Gasteiger partial charge in [-0.1, -0.05) is 0 Å². The number of nitrogens with one attached hydrogen (secondary N) is 2. The molecule has 0 aromatic carbocycles. The molecular weight excluding hydrogens is 242 g/mol. The molecule has 7 heteroatoms. The first-order valence-corrected chi connectivity index (χ1v) is 5.75. The number of hydrogen-bond donors (Lipinski definition) is 4. The molecule has 1 aromatic heterocycles. The minimum absolute atomic E-state index is 0.0141. The van der Waals surface area contributed by atoms with E-state index in [1.807, 2.05) is 0 Å². The summed E-state index contributed by atoms with van der Waals surface area (Å²) in [7, 11) is 0. The normalized spacial score (nSPS) is 11.1. The second kappa shape index (κ2) is 6.65. The maximum atomic E-state index is 11.7. The Morgan fingerprint density at radius 2 is 1.82 bits per heavy atom. The molecule has 0 saturated carbocycles. The number of rotatable bonds is 6. The Kier molecular flexibility index (Phi) is 5.49. The molecule has 0 aliphatic rings. The number of aromatic nitrogens is 2. The number of aliphatic hydroxyl groups excluding tert-OH is 2. The predicted molar refractivity (Wildman–Crippen MR) is 66.4 cm³/mol. The molecule has 96 valence electrons. The number of aryl methyl sites for hydroxylation is 1. The third-order valence-corrected chi connectivity index (χ3v) is 2.67. The average Bonchev–Trinajstić information content (AvgIpc) is 2.23. The zero-order chi connectivity index (χ0) is 12.8. The highest BCUT2D eigenvalue weighted by molar-refractivity contribution is 7.71. The minimum Gasteiger partial charge on any atom is -0.395 e. The van der Waals surface area contributed by atoms with Gasteiger partial charge in [-0.15, -0.1) is 0 Å². The van der Waals surface area contributed by atoms with Gasteiger partial charge in [0.2, 0.25) is 0 Å². The van der Waals surface area contributed by atoms with E-state index in [2.05, 4.69) is 9.97 Å². The molecule has 1 heterocycles. The van der Waals surface area contributed by atoms with Crippen LogP contribution >= 0.6 is 12.2 Å². The van der Waals surface area contributed by atoms with E-state index < -0.39 is 0 Å². The molecule has 0 atom stereocenters. The van der Waals surface area contributed by atoms with Gasteiger partial charge >= 0.3 is 0 Å². The van der Waals surface area contributed by atoms with Crippen LogP contribution in [0.25, 0.3) is 0 Å². The molecule has 0 amide bonds. The summed E-state index contributed by atoms with van der Waals surface area (Å²) < 4.78 is 0.298. The van der Waals surface area contributed by atoms with E-state index in [0.29, 0.717) is 35.7 Å². The van der Waals surface area contributed by atoms with Gasteiger partial charge in [-0.05, 0) is 19.1 Å². The van der Waals surface area contributed by atoms with Crippen molar-refractivity contribution in [2.24, 2.45) is 0 Å². The Morgan fingerprint density at radius 1 is 1.24 bits per heavy atom. The number of aliphatic hydroxyl groups is 2. The molecule has 4 N–H and O–H groups in total. The highest BCUT2D eigenvalue weighted by atomic mass is 32.1. The highest BCUT2D eigenvalue weighted by Crippen LogP contribution is 2.02. The van der Waals surface area contributed by atoms with Crippen molar-refractivity contribution in [1.82, 2.24) is 14.9 Å². The fourth-order valence-electron chi connectivity index (χ4n) is 1.59. The number of nitrogens with zero attached hydrogens (tertiary/aromatic N) is 1. The van der Waals surface area contributed by atoms with Gasteiger partial charge in [-0.2, -0.15) is 0 Å². The highest BCUT2D eigenvalue weighted by Gasteiger charge is 2.10. The van der Waals surface area contributed by atoms with Crippen molar-refractivity contribution in [2.45, 2.75) is 13.5 Å². The Balaban J connectivity index is 2.92. The van der Waals surface area contributed by atoms with Crippen molar-refractivity contribution in [3.05, 3.63) is 26.4 Å². The van der Waals surface area contributed by atoms with Crippen LogP contribution in [0.15, 0.2) is 4.79 Å². The molecule has 17 heavy (non-hydrogen) atoms. The molecule has 0 radical (unpaired) electrons. The van der Waals surface area contributed by atoms with Crippen LogP contribution in [0.4, 0.5) is 0 Å². The van der Waals surface area contributed by atoms with Gasteiger partial charge in [0.15, 0.2) is 4.77 Å². The van der Waals surface area contributed by atoms with E-state index in [4.69, 9.17) is 22.4 Å². The number of aromatic amines is 2. The van der Waals surface area contributed by atoms with Crippen LogP contribution in [0, 0.1) is 11.7 Å². The Labute approximate surface area is 104 Å². The molecule has 1 aromatic rings. The van der Waals surface area contributed by atoms with Crippen molar-refractivity contribution < 1.29 is 10.2 Å². The monoisotopic (exact) mass is 259 g/mol. The molecule has 0 unspecified atom stereocenters. The number of hydrogen-bond acceptors (Lipinski definition) is 5. The van der Waals surface area contributed by atoms with Crippen LogP contribution in [0.1, 0.15) is 11.3 Å². The second-order valence-electron chi connectivity index (χ2n) is 3.74. The van der Waals surface area contributed by atoms with Gasteiger partial charge in [0.1, 0.15) is 0 Å². The Hall–Kier alpha value is -1.02. The lowest BCUT2D eigenvalue weighted by Gasteiger charge is -2.20. The third kappa shape index (κ3) is 4.04. The summed E-state index contributed by atoms with van der Waals surface area (Å²) in [6.45, 7) is 2.94. The fourth-order valence-corrected chi connectivity index (χ4v) is 1.84. The van der Waals surface area contributed by atoms with E-state index in [9.17, 15) is 4.79 Å². The van der Waals surface area contributed by atoms with Crippen molar-refractivity contribution in [1.29, 1.82) is 0 Å². The average molecular weight is 259 g/mol. The van der Waals surface area contributed by atoms with Crippen LogP contribution in [-0.4, -0.2) is 51.4 Å². The molecule has 0 spiro atoms. The van der Waals surface area contributed by atoms with E-state index in [-0.39, 0.29) is 18.8 Å². The van der Waals surface area contributed by atoms with Crippen LogP contribution in [0.2, 0.25) is 0 Å². The lowest BCUT2D eigenvalue weighted by molar-refractivity contribution is 0.155. The van der Waals surface area contributed by atoms with Crippen molar-refractivity contribution in [2.75, 3.05) is 26.3 Å². The fraction of sp³-hybridized carbons (Fsp3) is 0.600. The Morgan fingerprint density at radius 3 is 2.29 bits per heavy atom.